The molecule has 0 aliphatic carbocycles. The topological polar surface area (TPSA) is 51.2 Å². The molecule has 0 spiro atoms. The molecule has 1 unspecified atom stereocenters. The smallest absolute Gasteiger partial charge is 0.331 e. The largest absolute Gasteiger partial charge is 0.467 e. The number of methoxy groups -OCH3 is 1. The summed E-state index contributed by atoms with van der Waals surface area (Å²) < 4.78 is 5.80. The zero-order chi connectivity index (χ0) is 13.8. The molecule has 0 aliphatic heterocycles. The van der Waals surface area contributed by atoms with Gasteiger partial charge in [-0.3, -0.25) is 0 Å². The zero-order valence-electron chi connectivity index (χ0n) is 11.2. The van der Waals surface area contributed by atoms with Crippen LogP contribution in [0.2, 0.25) is 0 Å². The van der Waals surface area contributed by atoms with Crippen LogP contribution in [0.1, 0.15) is 32.3 Å². The van der Waals surface area contributed by atoms with Gasteiger partial charge in [-0.05, 0) is 47.8 Å². The lowest BCUT2D eigenvalue weighted by Crippen LogP contribution is -2.44. The van der Waals surface area contributed by atoms with E-state index in [9.17, 15) is 4.79 Å². The fourth-order valence-corrected chi connectivity index (χ4v) is 2.05. The first-order valence-electron chi connectivity index (χ1n) is 5.91. The summed E-state index contributed by atoms with van der Waals surface area (Å²) in [6.07, 6.45) is 3.30. The molecule has 1 N–H and O–H groups in total. The number of nitrogens with one attached hydrogen (secondary N) is 1. The lowest BCUT2D eigenvalue weighted by Gasteiger charge is -2.28. The monoisotopic (exact) mass is 314 g/mol. The third-order valence-electron chi connectivity index (χ3n) is 2.84. The second-order valence-corrected chi connectivity index (χ2v) is 5.37. The number of hydrogen-bond donors (Lipinski definition) is 1. The first-order valence-corrected chi connectivity index (χ1v) is 6.71. The van der Waals surface area contributed by atoms with E-state index in [-0.39, 0.29) is 5.97 Å². The summed E-state index contributed by atoms with van der Waals surface area (Å²) in [6.45, 7) is 5.84. The Labute approximate surface area is 116 Å². The zero-order valence-corrected chi connectivity index (χ0v) is 12.8. The minimum atomic E-state index is -0.739. The van der Waals surface area contributed by atoms with Crippen molar-refractivity contribution < 1.29 is 9.53 Å². The highest BCUT2D eigenvalue weighted by Gasteiger charge is 2.33. The van der Waals surface area contributed by atoms with Gasteiger partial charge in [0.05, 0.1) is 7.11 Å². The van der Waals surface area contributed by atoms with Crippen molar-refractivity contribution >= 4 is 27.7 Å². The average molecular weight is 315 g/mol. The number of carbonyl (C=O) groups excluding carboxylic acids is 1. The quantitative estimate of drug-likeness (QED) is 0.847. The number of hydrogen-bond acceptors (Lipinski definition) is 4. The maximum atomic E-state index is 11.9. The highest BCUT2D eigenvalue weighted by Crippen LogP contribution is 2.23. The first kappa shape index (κ1) is 15.0. The lowest BCUT2D eigenvalue weighted by molar-refractivity contribution is -0.145. The van der Waals surface area contributed by atoms with Gasteiger partial charge in [0, 0.05) is 10.7 Å². The second kappa shape index (κ2) is 6.18. The maximum Gasteiger partial charge on any atom is 0.331 e. The Balaban J connectivity index is 2.96. The van der Waals surface area contributed by atoms with Gasteiger partial charge in [-0.1, -0.05) is 13.3 Å². The molecule has 1 atom stereocenters. The van der Waals surface area contributed by atoms with E-state index < -0.39 is 5.54 Å². The van der Waals surface area contributed by atoms with E-state index >= 15 is 0 Å². The van der Waals surface area contributed by atoms with E-state index in [1.807, 2.05) is 26.8 Å². The molecule has 1 heterocycles. The van der Waals surface area contributed by atoms with Crippen LogP contribution in [-0.4, -0.2) is 23.6 Å². The van der Waals surface area contributed by atoms with Gasteiger partial charge >= 0.3 is 5.97 Å². The number of rotatable bonds is 5. The van der Waals surface area contributed by atoms with Crippen LogP contribution in [0.4, 0.5) is 5.82 Å². The third-order valence-corrected chi connectivity index (χ3v) is 3.67. The number of carbonyl (C=O) groups is 1. The fraction of sp³-hybridized carbons (Fsp3) is 0.538. The Kier molecular flexibility index (Phi) is 5.14. The molecule has 0 saturated carbocycles. The number of aromatic nitrogens is 1. The van der Waals surface area contributed by atoms with E-state index in [1.54, 1.807) is 6.20 Å². The molecule has 5 heteroatoms. The Morgan fingerprint density at radius 2 is 2.28 bits per heavy atom. The molecule has 1 aromatic rings. The molecular weight excluding hydrogens is 296 g/mol. The predicted octanol–water partition coefficient (Wildman–Crippen LogP) is 3.30. The van der Waals surface area contributed by atoms with Crippen LogP contribution in [0.5, 0.6) is 0 Å². The van der Waals surface area contributed by atoms with E-state index in [2.05, 4.69) is 26.2 Å². The third kappa shape index (κ3) is 3.45. The van der Waals surface area contributed by atoms with Gasteiger partial charge in [0.15, 0.2) is 0 Å². The Morgan fingerprint density at radius 1 is 1.61 bits per heavy atom. The standard InChI is InChI=1S/C13H19BrN2O2/c1-5-6-13(3,12(17)18-4)16-11-7-9(2)10(14)8-15-11/h7-8H,5-6H2,1-4H3,(H,15,16). The lowest BCUT2D eigenvalue weighted by atomic mass is 9.96. The van der Waals surface area contributed by atoms with Gasteiger partial charge in [-0.15, -0.1) is 0 Å². The van der Waals surface area contributed by atoms with Gasteiger partial charge in [0.2, 0.25) is 0 Å². The average Bonchev–Trinajstić information content (AvgIpc) is 2.33. The van der Waals surface area contributed by atoms with Gasteiger partial charge in [-0.25, -0.2) is 9.78 Å². The summed E-state index contributed by atoms with van der Waals surface area (Å²) in [6, 6.07) is 1.90. The van der Waals surface area contributed by atoms with Crippen molar-refractivity contribution in [3.05, 3.63) is 22.3 Å². The molecule has 1 rings (SSSR count). The number of pyridine rings is 1. The van der Waals surface area contributed by atoms with Gasteiger partial charge in [0.1, 0.15) is 11.4 Å². The molecule has 0 bridgehead atoms. The molecular formula is C13H19BrN2O2. The number of esters is 1. The van der Waals surface area contributed by atoms with Crippen LogP contribution in [0.25, 0.3) is 0 Å². The summed E-state index contributed by atoms with van der Waals surface area (Å²) in [5, 5.41) is 3.17. The van der Waals surface area contributed by atoms with Crippen molar-refractivity contribution in [1.82, 2.24) is 4.98 Å². The summed E-state index contributed by atoms with van der Waals surface area (Å²) in [7, 11) is 1.40. The minimum Gasteiger partial charge on any atom is -0.467 e. The van der Waals surface area contributed by atoms with E-state index in [1.165, 1.54) is 7.11 Å². The number of ether oxygens (including phenoxy) is 1. The van der Waals surface area contributed by atoms with Crippen LogP contribution in [0.3, 0.4) is 0 Å². The summed E-state index contributed by atoms with van der Waals surface area (Å²) >= 11 is 3.40. The van der Waals surface area contributed by atoms with Crippen molar-refractivity contribution in [1.29, 1.82) is 0 Å². The Hall–Kier alpha value is -1.10. The molecule has 0 saturated heterocycles. The molecule has 0 radical (unpaired) electrons. The number of anilines is 1. The van der Waals surface area contributed by atoms with Crippen molar-refractivity contribution in [3.63, 3.8) is 0 Å². The first-order chi connectivity index (χ1) is 8.42. The number of nitrogens with zero attached hydrogens (tertiary/aromatic N) is 1. The van der Waals surface area contributed by atoms with E-state index in [0.29, 0.717) is 12.2 Å². The molecule has 100 valence electrons. The van der Waals surface area contributed by atoms with Gasteiger partial charge < -0.3 is 10.1 Å². The van der Waals surface area contributed by atoms with Crippen molar-refractivity contribution in [2.75, 3.05) is 12.4 Å². The van der Waals surface area contributed by atoms with E-state index in [4.69, 9.17) is 4.74 Å². The highest BCUT2D eigenvalue weighted by atomic mass is 79.9. The van der Waals surface area contributed by atoms with Gasteiger partial charge in [-0.2, -0.15) is 0 Å². The number of aryl methyl sites for hydroxylation is 1. The molecule has 0 aromatic carbocycles. The molecule has 0 fully saturated rings. The fourth-order valence-electron chi connectivity index (χ4n) is 1.83. The second-order valence-electron chi connectivity index (χ2n) is 4.52. The maximum absolute atomic E-state index is 11.9. The van der Waals surface area contributed by atoms with Crippen molar-refractivity contribution in [3.8, 4) is 0 Å². The summed E-state index contributed by atoms with van der Waals surface area (Å²) in [5.74, 6) is 0.406. The molecule has 1 aromatic heterocycles. The normalized spacial score (nSPS) is 13.8. The van der Waals surface area contributed by atoms with Gasteiger partial charge in [0.25, 0.3) is 0 Å². The van der Waals surface area contributed by atoms with Crippen LogP contribution in [0.15, 0.2) is 16.7 Å². The van der Waals surface area contributed by atoms with Crippen LogP contribution >= 0.6 is 15.9 Å². The summed E-state index contributed by atoms with van der Waals surface area (Å²) in [5.41, 5.74) is 0.327. The number of halogens is 1. The van der Waals surface area contributed by atoms with E-state index in [0.717, 1.165) is 16.5 Å². The van der Waals surface area contributed by atoms with Crippen LogP contribution in [-0.2, 0) is 9.53 Å². The SMILES string of the molecule is CCCC(C)(Nc1cc(C)c(Br)cn1)C(=O)OC. The van der Waals surface area contributed by atoms with Crippen LogP contribution in [0, 0.1) is 6.92 Å². The molecule has 4 nitrogen and oxygen atoms in total. The Bertz CT molecular complexity index is 437. The predicted molar refractivity (Wildman–Crippen MR) is 75.6 cm³/mol. The van der Waals surface area contributed by atoms with Crippen molar-refractivity contribution in [2.24, 2.45) is 0 Å². The molecule has 0 aliphatic rings. The van der Waals surface area contributed by atoms with Crippen LogP contribution < -0.4 is 5.32 Å². The summed E-state index contributed by atoms with van der Waals surface area (Å²) in [4.78, 5) is 16.1. The van der Waals surface area contributed by atoms with Crippen molar-refractivity contribution in [2.45, 2.75) is 39.2 Å². The molecule has 0 amide bonds. The highest BCUT2D eigenvalue weighted by molar-refractivity contribution is 9.10. The minimum absolute atomic E-state index is 0.272. The molecule has 18 heavy (non-hydrogen) atoms. The Morgan fingerprint density at radius 3 is 2.78 bits per heavy atom.